The molecule has 22 heavy (non-hydrogen) atoms. The summed E-state index contributed by atoms with van der Waals surface area (Å²) >= 11 is 1.71. The molecule has 0 unspecified atom stereocenters. The van der Waals surface area contributed by atoms with E-state index < -0.39 is 0 Å². The maximum atomic E-state index is 5.84. The van der Waals surface area contributed by atoms with Crippen molar-refractivity contribution in [3.8, 4) is 11.3 Å². The second kappa shape index (κ2) is 5.86. The van der Waals surface area contributed by atoms with Gasteiger partial charge in [0.25, 0.3) is 0 Å². The van der Waals surface area contributed by atoms with Gasteiger partial charge in [-0.2, -0.15) is 0 Å². The highest BCUT2D eigenvalue weighted by Crippen LogP contribution is 2.32. The first kappa shape index (κ1) is 15.3. The predicted octanol–water partition coefficient (Wildman–Crippen LogP) is 4.30. The lowest BCUT2D eigenvalue weighted by molar-refractivity contribution is 0.792. The molecule has 0 saturated carbocycles. The normalized spacial score (nSPS) is 11.7. The minimum atomic E-state index is 0.418. The van der Waals surface area contributed by atoms with E-state index in [2.05, 4.69) is 55.7 Å². The first-order valence-electron chi connectivity index (χ1n) is 7.79. The highest BCUT2D eigenvalue weighted by atomic mass is 32.1. The van der Waals surface area contributed by atoms with Crippen molar-refractivity contribution in [3.63, 3.8) is 0 Å². The summed E-state index contributed by atoms with van der Waals surface area (Å²) in [6, 6.07) is 6.65. The van der Waals surface area contributed by atoms with Gasteiger partial charge in [-0.15, -0.1) is 11.3 Å². The van der Waals surface area contributed by atoms with E-state index in [-0.39, 0.29) is 0 Å². The van der Waals surface area contributed by atoms with Gasteiger partial charge in [-0.05, 0) is 49.1 Å². The SMILES string of the molecule is Cc1ccc(-c2csc3nc(C(C)C)c(CCN)n23)cc1C. The van der Waals surface area contributed by atoms with Crippen LogP contribution in [-0.4, -0.2) is 15.9 Å². The molecule has 0 aliphatic rings. The molecule has 4 heteroatoms. The van der Waals surface area contributed by atoms with E-state index in [0.29, 0.717) is 12.5 Å². The molecule has 3 rings (SSSR count). The van der Waals surface area contributed by atoms with Crippen LogP contribution < -0.4 is 5.73 Å². The van der Waals surface area contributed by atoms with Crippen LogP contribution in [0.3, 0.4) is 0 Å². The highest BCUT2D eigenvalue weighted by molar-refractivity contribution is 7.15. The lowest BCUT2D eigenvalue weighted by Crippen LogP contribution is -2.08. The van der Waals surface area contributed by atoms with Crippen LogP contribution in [-0.2, 0) is 6.42 Å². The molecule has 0 saturated heterocycles. The van der Waals surface area contributed by atoms with Crippen molar-refractivity contribution in [1.82, 2.24) is 9.38 Å². The molecular weight excluding hydrogens is 290 g/mol. The van der Waals surface area contributed by atoms with Crippen molar-refractivity contribution in [2.75, 3.05) is 6.54 Å². The van der Waals surface area contributed by atoms with Gasteiger partial charge in [-0.25, -0.2) is 4.98 Å². The van der Waals surface area contributed by atoms with Gasteiger partial charge < -0.3 is 5.73 Å². The van der Waals surface area contributed by atoms with Gasteiger partial charge >= 0.3 is 0 Å². The molecular formula is C18H23N3S. The number of rotatable bonds is 4. The molecule has 2 heterocycles. The Hall–Kier alpha value is -1.65. The Morgan fingerprint density at radius 1 is 1.23 bits per heavy atom. The zero-order chi connectivity index (χ0) is 15.9. The lowest BCUT2D eigenvalue weighted by atomic mass is 10.0. The van der Waals surface area contributed by atoms with Gasteiger partial charge in [0.15, 0.2) is 4.96 Å². The quantitative estimate of drug-likeness (QED) is 0.780. The molecule has 0 spiro atoms. The van der Waals surface area contributed by atoms with Crippen molar-refractivity contribution < 1.29 is 0 Å². The average molecular weight is 313 g/mol. The third kappa shape index (κ3) is 2.46. The van der Waals surface area contributed by atoms with Gasteiger partial charge in [-0.3, -0.25) is 4.40 Å². The van der Waals surface area contributed by atoms with E-state index >= 15 is 0 Å². The van der Waals surface area contributed by atoms with Crippen LogP contribution >= 0.6 is 11.3 Å². The summed E-state index contributed by atoms with van der Waals surface area (Å²) < 4.78 is 2.30. The smallest absolute Gasteiger partial charge is 0.194 e. The van der Waals surface area contributed by atoms with Gasteiger partial charge in [0.05, 0.1) is 11.4 Å². The third-order valence-corrected chi connectivity index (χ3v) is 5.05. The van der Waals surface area contributed by atoms with E-state index in [1.807, 2.05) is 0 Å². The van der Waals surface area contributed by atoms with Crippen LogP contribution in [0.5, 0.6) is 0 Å². The molecule has 2 N–H and O–H groups in total. The number of aryl methyl sites for hydroxylation is 2. The van der Waals surface area contributed by atoms with Crippen molar-refractivity contribution in [1.29, 1.82) is 0 Å². The number of nitrogens with zero attached hydrogens (tertiary/aromatic N) is 2. The van der Waals surface area contributed by atoms with E-state index in [9.17, 15) is 0 Å². The number of hydrogen-bond donors (Lipinski definition) is 1. The fraction of sp³-hybridized carbons (Fsp3) is 0.389. The molecule has 0 atom stereocenters. The Morgan fingerprint density at radius 3 is 2.64 bits per heavy atom. The zero-order valence-electron chi connectivity index (χ0n) is 13.7. The number of benzene rings is 1. The molecule has 0 aliphatic carbocycles. The lowest BCUT2D eigenvalue weighted by Gasteiger charge is -2.09. The van der Waals surface area contributed by atoms with Crippen molar-refractivity contribution >= 4 is 16.3 Å². The maximum absolute atomic E-state index is 5.84. The van der Waals surface area contributed by atoms with Crippen molar-refractivity contribution in [2.45, 2.75) is 40.0 Å². The Balaban J connectivity index is 2.23. The molecule has 116 valence electrons. The number of nitrogens with two attached hydrogens (primary N) is 1. The summed E-state index contributed by atoms with van der Waals surface area (Å²) in [6.07, 6.45) is 0.864. The second-order valence-electron chi connectivity index (χ2n) is 6.18. The number of aromatic nitrogens is 2. The minimum absolute atomic E-state index is 0.418. The molecule has 1 aromatic carbocycles. The summed E-state index contributed by atoms with van der Waals surface area (Å²) in [5.74, 6) is 0.418. The molecule has 0 bridgehead atoms. The highest BCUT2D eigenvalue weighted by Gasteiger charge is 2.19. The Labute approximate surface area is 135 Å². The summed E-state index contributed by atoms with van der Waals surface area (Å²) in [7, 11) is 0. The first-order chi connectivity index (χ1) is 10.5. The second-order valence-corrected chi connectivity index (χ2v) is 7.01. The van der Waals surface area contributed by atoms with E-state index in [4.69, 9.17) is 10.7 Å². The van der Waals surface area contributed by atoms with Crippen molar-refractivity contribution in [3.05, 3.63) is 46.1 Å². The van der Waals surface area contributed by atoms with Crippen molar-refractivity contribution in [2.24, 2.45) is 5.73 Å². The van der Waals surface area contributed by atoms with Gasteiger partial charge in [0, 0.05) is 17.5 Å². The predicted molar refractivity (Wildman–Crippen MR) is 94.8 cm³/mol. The fourth-order valence-corrected chi connectivity index (χ4v) is 3.80. The molecule has 2 aromatic heterocycles. The minimum Gasteiger partial charge on any atom is -0.330 e. The maximum Gasteiger partial charge on any atom is 0.194 e. The topological polar surface area (TPSA) is 43.3 Å². The number of fused-ring (bicyclic) bond motifs is 1. The van der Waals surface area contributed by atoms with E-state index in [1.54, 1.807) is 11.3 Å². The van der Waals surface area contributed by atoms with Crippen LogP contribution in [0.25, 0.3) is 16.2 Å². The summed E-state index contributed by atoms with van der Waals surface area (Å²) in [4.78, 5) is 5.91. The number of imidazole rings is 1. The molecule has 0 amide bonds. The van der Waals surface area contributed by atoms with Crippen LogP contribution in [0.15, 0.2) is 23.6 Å². The Morgan fingerprint density at radius 2 is 2.00 bits per heavy atom. The standard InChI is InChI=1S/C18H23N3S/c1-11(2)17-15(7-8-19)21-16(10-22-18(21)20-17)14-6-5-12(3)13(4)9-14/h5-6,9-11H,7-8,19H2,1-4H3. The monoisotopic (exact) mass is 313 g/mol. The first-order valence-corrected chi connectivity index (χ1v) is 8.67. The molecule has 0 radical (unpaired) electrons. The van der Waals surface area contributed by atoms with Gasteiger partial charge in [0.2, 0.25) is 0 Å². The molecule has 0 fully saturated rings. The third-order valence-electron chi connectivity index (χ3n) is 4.22. The Bertz CT molecular complexity index is 811. The van der Waals surface area contributed by atoms with Crippen LogP contribution in [0.4, 0.5) is 0 Å². The largest absolute Gasteiger partial charge is 0.330 e. The van der Waals surface area contributed by atoms with Gasteiger partial charge in [0.1, 0.15) is 0 Å². The van der Waals surface area contributed by atoms with E-state index in [1.165, 1.54) is 33.8 Å². The molecule has 3 nitrogen and oxygen atoms in total. The summed E-state index contributed by atoms with van der Waals surface area (Å²) in [5.41, 5.74) is 13.4. The number of thiazole rings is 1. The molecule has 0 aliphatic heterocycles. The summed E-state index contributed by atoms with van der Waals surface area (Å²) in [6.45, 7) is 9.35. The Kier molecular flexibility index (Phi) is 4.06. The summed E-state index contributed by atoms with van der Waals surface area (Å²) in [5, 5.41) is 2.20. The van der Waals surface area contributed by atoms with E-state index in [0.717, 1.165) is 11.4 Å². The fourth-order valence-electron chi connectivity index (χ4n) is 2.87. The zero-order valence-corrected chi connectivity index (χ0v) is 14.5. The van der Waals surface area contributed by atoms with Crippen LogP contribution in [0.1, 0.15) is 42.3 Å². The molecule has 3 aromatic rings. The number of hydrogen-bond acceptors (Lipinski definition) is 3. The average Bonchev–Trinajstić information content (AvgIpc) is 3.03. The van der Waals surface area contributed by atoms with Gasteiger partial charge in [-0.1, -0.05) is 26.0 Å². The van der Waals surface area contributed by atoms with Crippen LogP contribution in [0, 0.1) is 13.8 Å². The van der Waals surface area contributed by atoms with Crippen LogP contribution in [0.2, 0.25) is 0 Å².